The molecule has 7 heteroatoms. The van der Waals surface area contributed by atoms with E-state index in [4.69, 9.17) is 5.11 Å². The van der Waals surface area contributed by atoms with Gasteiger partial charge in [0.25, 0.3) is 0 Å². The van der Waals surface area contributed by atoms with Crippen molar-refractivity contribution >= 4 is 17.9 Å². The number of carbonyl (C=O) groups is 3. The van der Waals surface area contributed by atoms with Gasteiger partial charge < -0.3 is 21.1 Å². The number of carbonyl (C=O) groups excluding carboxylic acids is 2. The summed E-state index contributed by atoms with van der Waals surface area (Å²) in [5.74, 6) is -1.18. The molecule has 102 valence electrons. The van der Waals surface area contributed by atoms with Crippen LogP contribution in [0.15, 0.2) is 0 Å². The number of carboxylic acids is 1. The maximum atomic E-state index is 11.5. The molecule has 2 unspecified atom stereocenters. The van der Waals surface area contributed by atoms with Gasteiger partial charge in [-0.15, -0.1) is 0 Å². The lowest BCUT2D eigenvalue weighted by Crippen LogP contribution is -2.46. The summed E-state index contributed by atoms with van der Waals surface area (Å²) in [6, 6.07) is -0.230. The molecule has 3 amide bonds. The Hall–Kier alpha value is -1.79. The van der Waals surface area contributed by atoms with E-state index in [0.29, 0.717) is 5.92 Å². The minimum absolute atomic E-state index is 0.159. The van der Waals surface area contributed by atoms with Gasteiger partial charge in [-0.25, -0.2) is 4.79 Å². The lowest BCUT2D eigenvalue weighted by atomic mass is 10.1. The molecule has 1 aliphatic carbocycles. The van der Waals surface area contributed by atoms with E-state index in [0.717, 1.165) is 19.3 Å². The molecule has 1 rings (SSSR count). The highest BCUT2D eigenvalue weighted by Gasteiger charge is 2.24. The molecule has 2 atom stereocenters. The van der Waals surface area contributed by atoms with Crippen molar-refractivity contribution in [3.8, 4) is 0 Å². The van der Waals surface area contributed by atoms with Crippen molar-refractivity contribution in [2.75, 3.05) is 13.1 Å². The average molecular weight is 257 g/mol. The zero-order chi connectivity index (χ0) is 13.5. The monoisotopic (exact) mass is 257 g/mol. The first-order chi connectivity index (χ1) is 8.49. The maximum absolute atomic E-state index is 11.5. The van der Waals surface area contributed by atoms with E-state index in [1.807, 2.05) is 0 Å². The zero-order valence-corrected chi connectivity index (χ0v) is 10.4. The van der Waals surface area contributed by atoms with E-state index in [-0.39, 0.29) is 18.6 Å². The first-order valence-corrected chi connectivity index (χ1v) is 6.02. The summed E-state index contributed by atoms with van der Waals surface area (Å²) >= 11 is 0. The third kappa shape index (κ3) is 5.03. The molecule has 1 aliphatic rings. The molecule has 18 heavy (non-hydrogen) atoms. The zero-order valence-electron chi connectivity index (χ0n) is 10.4. The number of aliphatic carboxylic acids is 1. The Morgan fingerprint density at radius 3 is 2.44 bits per heavy atom. The van der Waals surface area contributed by atoms with Crippen LogP contribution in [0.2, 0.25) is 0 Å². The molecule has 0 aliphatic heterocycles. The van der Waals surface area contributed by atoms with Crippen molar-refractivity contribution in [3.05, 3.63) is 0 Å². The second-order valence-corrected chi connectivity index (χ2v) is 4.51. The third-order valence-corrected chi connectivity index (χ3v) is 3.02. The van der Waals surface area contributed by atoms with E-state index < -0.39 is 18.4 Å². The fourth-order valence-corrected chi connectivity index (χ4v) is 1.98. The fraction of sp³-hybridized carbons (Fsp3) is 0.727. The molecular formula is C11H19N3O4. The second kappa shape index (κ2) is 6.83. The van der Waals surface area contributed by atoms with Gasteiger partial charge >= 0.3 is 12.0 Å². The van der Waals surface area contributed by atoms with E-state index >= 15 is 0 Å². The maximum Gasteiger partial charge on any atom is 0.322 e. The van der Waals surface area contributed by atoms with Gasteiger partial charge in [-0.1, -0.05) is 13.3 Å². The minimum atomic E-state index is -1.12. The number of urea groups is 1. The summed E-state index contributed by atoms with van der Waals surface area (Å²) in [6.07, 6.45) is 3.16. The first kappa shape index (κ1) is 14.3. The summed E-state index contributed by atoms with van der Waals surface area (Å²) < 4.78 is 0. The van der Waals surface area contributed by atoms with E-state index in [1.165, 1.54) is 0 Å². The highest BCUT2D eigenvalue weighted by molar-refractivity contribution is 5.86. The van der Waals surface area contributed by atoms with E-state index in [9.17, 15) is 14.4 Å². The number of nitrogens with one attached hydrogen (secondary N) is 3. The molecule has 0 heterocycles. The third-order valence-electron chi connectivity index (χ3n) is 3.02. The predicted molar refractivity (Wildman–Crippen MR) is 64.0 cm³/mol. The second-order valence-electron chi connectivity index (χ2n) is 4.51. The fourth-order valence-electron chi connectivity index (χ4n) is 1.98. The molecule has 0 bridgehead atoms. The summed E-state index contributed by atoms with van der Waals surface area (Å²) in [7, 11) is 0. The molecule has 0 saturated heterocycles. The van der Waals surface area contributed by atoms with Crippen molar-refractivity contribution in [1.29, 1.82) is 0 Å². The van der Waals surface area contributed by atoms with Crippen molar-refractivity contribution in [2.45, 2.75) is 32.2 Å². The van der Waals surface area contributed by atoms with Gasteiger partial charge in [0.15, 0.2) is 0 Å². The molecule has 0 aromatic heterocycles. The van der Waals surface area contributed by atoms with Gasteiger partial charge in [-0.3, -0.25) is 9.59 Å². The number of hydrogen-bond donors (Lipinski definition) is 4. The van der Waals surface area contributed by atoms with Crippen LogP contribution in [0.4, 0.5) is 4.79 Å². The lowest BCUT2D eigenvalue weighted by Gasteiger charge is -2.17. The summed E-state index contributed by atoms with van der Waals surface area (Å²) in [5, 5.41) is 15.7. The Morgan fingerprint density at radius 1 is 1.17 bits per heavy atom. The van der Waals surface area contributed by atoms with E-state index in [1.54, 1.807) is 0 Å². The number of hydrogen-bond acceptors (Lipinski definition) is 3. The molecule has 1 saturated carbocycles. The smallest absolute Gasteiger partial charge is 0.322 e. The molecule has 4 N–H and O–H groups in total. The van der Waals surface area contributed by atoms with Gasteiger partial charge in [0.05, 0.1) is 6.54 Å². The Morgan fingerprint density at radius 2 is 1.89 bits per heavy atom. The van der Waals surface area contributed by atoms with Crippen LogP contribution in [0.25, 0.3) is 0 Å². The van der Waals surface area contributed by atoms with Crippen LogP contribution in [-0.4, -0.2) is 42.1 Å². The van der Waals surface area contributed by atoms with Gasteiger partial charge in [0.1, 0.15) is 6.54 Å². The van der Waals surface area contributed by atoms with Crippen LogP contribution in [0.5, 0.6) is 0 Å². The minimum Gasteiger partial charge on any atom is -0.480 e. The van der Waals surface area contributed by atoms with Crippen molar-refractivity contribution in [2.24, 2.45) is 5.92 Å². The molecule has 1 fully saturated rings. The summed E-state index contributed by atoms with van der Waals surface area (Å²) in [6.45, 7) is 1.42. The highest BCUT2D eigenvalue weighted by Crippen LogP contribution is 2.24. The Kier molecular flexibility index (Phi) is 5.41. The standard InChI is InChI=1S/C11H19N3O4/c1-7-3-2-4-8(7)14-11(18)13-5-9(15)12-6-10(16)17/h7-8H,2-6H2,1H3,(H,12,15)(H,16,17)(H2,13,14,18). The van der Waals surface area contributed by atoms with Gasteiger partial charge in [0.2, 0.25) is 5.91 Å². The lowest BCUT2D eigenvalue weighted by molar-refractivity contribution is -0.137. The van der Waals surface area contributed by atoms with Crippen molar-refractivity contribution in [1.82, 2.24) is 16.0 Å². The Balaban J connectivity index is 2.16. The van der Waals surface area contributed by atoms with Crippen LogP contribution >= 0.6 is 0 Å². The molecule has 7 nitrogen and oxygen atoms in total. The molecule has 0 radical (unpaired) electrons. The van der Waals surface area contributed by atoms with Gasteiger partial charge in [0, 0.05) is 6.04 Å². The largest absolute Gasteiger partial charge is 0.480 e. The number of carboxylic acid groups (broad SMARTS) is 1. The molecule has 0 aromatic carbocycles. The number of rotatable bonds is 5. The van der Waals surface area contributed by atoms with Crippen LogP contribution < -0.4 is 16.0 Å². The van der Waals surface area contributed by atoms with Crippen LogP contribution in [0, 0.1) is 5.92 Å². The topological polar surface area (TPSA) is 108 Å². The first-order valence-electron chi connectivity index (χ1n) is 6.02. The van der Waals surface area contributed by atoms with E-state index in [2.05, 4.69) is 22.9 Å². The molecular weight excluding hydrogens is 238 g/mol. The van der Waals surface area contributed by atoms with Crippen molar-refractivity contribution < 1.29 is 19.5 Å². The summed E-state index contributed by atoms with van der Waals surface area (Å²) in [5.41, 5.74) is 0. The highest BCUT2D eigenvalue weighted by atomic mass is 16.4. The van der Waals surface area contributed by atoms with Crippen LogP contribution in [-0.2, 0) is 9.59 Å². The SMILES string of the molecule is CC1CCCC1NC(=O)NCC(=O)NCC(=O)O. The molecule has 0 aromatic rings. The van der Waals surface area contributed by atoms with Gasteiger partial charge in [-0.2, -0.15) is 0 Å². The number of amides is 3. The summed E-state index contributed by atoms with van der Waals surface area (Å²) in [4.78, 5) is 32.8. The Labute approximate surface area is 105 Å². The average Bonchev–Trinajstić information content (AvgIpc) is 2.69. The van der Waals surface area contributed by atoms with Gasteiger partial charge in [-0.05, 0) is 18.8 Å². The Bertz CT molecular complexity index is 332. The predicted octanol–water partition coefficient (Wildman–Crippen LogP) is -0.325. The van der Waals surface area contributed by atoms with Crippen molar-refractivity contribution in [3.63, 3.8) is 0 Å². The van der Waals surface area contributed by atoms with Crippen LogP contribution in [0.1, 0.15) is 26.2 Å². The molecule has 0 spiro atoms. The normalized spacial score (nSPS) is 22.3. The quantitative estimate of drug-likeness (QED) is 0.541. The van der Waals surface area contributed by atoms with Crippen LogP contribution in [0.3, 0.4) is 0 Å².